The Bertz CT molecular complexity index is 5860. The van der Waals surface area contributed by atoms with Gasteiger partial charge in [-0.3, -0.25) is 19.2 Å². The number of nitrogens with zero attached hydrogens (tertiary/aromatic N) is 13. The Morgan fingerprint density at radius 3 is 1.27 bits per heavy atom. The number of hydrogen-bond donors (Lipinski definition) is 6. The first kappa shape index (κ1) is 115. The smallest absolute Gasteiger partial charge is 1.00 e. The molecular formula is C82H84BBrCl6Cs2N18NaO20. The van der Waals surface area contributed by atoms with Crippen molar-refractivity contribution in [3.8, 4) is 68.8 Å². The maximum Gasteiger partial charge on any atom is 1.00 e. The van der Waals surface area contributed by atoms with Crippen LogP contribution in [0.3, 0.4) is 0 Å². The van der Waals surface area contributed by atoms with Gasteiger partial charge in [0.2, 0.25) is 29.6 Å². The molecule has 0 aliphatic carbocycles. The van der Waals surface area contributed by atoms with Crippen LogP contribution in [-0.2, 0) is 38.5 Å². The maximum absolute atomic E-state index is 12.7. The molecular weight excluding hydrogens is 2150 g/mol. The number of aromatic nitrogens is 12. The van der Waals surface area contributed by atoms with Crippen molar-refractivity contribution in [3.05, 3.63) is 211 Å². The molecule has 1 aliphatic heterocycles. The first-order chi connectivity index (χ1) is 61.2. The second-order valence-corrected chi connectivity index (χ2v) is 28.6. The number of ether oxygens (including phenoxy) is 8. The second kappa shape index (κ2) is 58.1. The van der Waals surface area contributed by atoms with Crippen molar-refractivity contribution in [1.82, 2.24) is 58.6 Å². The van der Waals surface area contributed by atoms with Gasteiger partial charge in [-0.15, -0.1) is 0 Å². The number of fused-ring (bicyclic) bond motifs is 1. The molecule has 0 amide bonds. The van der Waals surface area contributed by atoms with Crippen LogP contribution < -0.4 is 242 Å². The predicted molar refractivity (Wildman–Crippen MR) is 484 cm³/mol. The van der Waals surface area contributed by atoms with Crippen molar-refractivity contribution < 1.29 is 265 Å². The van der Waals surface area contributed by atoms with Gasteiger partial charge in [0.25, 0.3) is 6.47 Å². The summed E-state index contributed by atoms with van der Waals surface area (Å²) in [6, 6.07) is 26.3. The van der Waals surface area contributed by atoms with E-state index in [1.165, 1.54) is 57.8 Å². The fourth-order valence-electron chi connectivity index (χ4n) is 11.0. The molecule has 677 valence electrons. The van der Waals surface area contributed by atoms with Gasteiger partial charge in [-0.25, -0.2) is 49.3 Å². The molecule has 0 bridgehead atoms. The van der Waals surface area contributed by atoms with E-state index in [9.17, 15) is 29.1 Å². The van der Waals surface area contributed by atoms with Crippen LogP contribution in [0.15, 0.2) is 147 Å². The quantitative estimate of drug-likeness (QED) is 0.00923. The number of aryl methyl sites for hydroxylation is 3. The predicted octanol–water partition coefficient (Wildman–Crippen LogP) is 6.22. The zero-order valence-corrected chi connectivity index (χ0v) is 94.6. The van der Waals surface area contributed by atoms with Gasteiger partial charge in [-0.2, -0.15) is 15.0 Å². The summed E-state index contributed by atoms with van der Waals surface area (Å²) < 4.78 is 52.9. The molecule has 3 radical (unpaired) electrons. The number of carbonyl (C=O) groups excluding carboxylic acids is 6. The van der Waals surface area contributed by atoms with Gasteiger partial charge in [-0.05, 0) is 80.9 Å². The topological polar surface area (TPSA) is 451 Å². The number of likely N-dealkylation sites (N-methyl/N-ethyl adjacent to an activating group) is 1. The van der Waals surface area contributed by atoms with Crippen LogP contribution in [0.1, 0.15) is 71.6 Å². The Kier molecular flexibility index (Phi) is 51.1. The van der Waals surface area contributed by atoms with Gasteiger partial charge < -0.3 is 112 Å². The van der Waals surface area contributed by atoms with Crippen molar-refractivity contribution in [2.75, 3.05) is 114 Å². The number of hydrogen-bond acceptors (Lipinski definition) is 35. The zero-order valence-electron chi connectivity index (χ0n) is 74.9. The minimum absolute atomic E-state index is 0. The van der Waals surface area contributed by atoms with Gasteiger partial charge in [-0.1, -0.05) is 85.5 Å². The number of anilines is 9. The minimum Gasteiger partial charge on any atom is -1.00 e. The van der Waals surface area contributed by atoms with E-state index in [2.05, 4.69) is 110 Å². The van der Waals surface area contributed by atoms with E-state index in [1.807, 2.05) is 120 Å². The number of aromatic hydroxyl groups is 1. The monoisotopic (exact) mass is 2230 g/mol. The molecule has 38 nitrogen and oxygen atoms in total. The summed E-state index contributed by atoms with van der Waals surface area (Å²) in [5.74, 6) is 4.49. The molecule has 0 fully saturated rings. The van der Waals surface area contributed by atoms with Crippen molar-refractivity contribution >= 4 is 182 Å². The summed E-state index contributed by atoms with van der Waals surface area (Å²) in [5, 5.41) is 35.7. The fraction of sp³-hybridized carbons (Fsp3) is 0.232. The summed E-state index contributed by atoms with van der Waals surface area (Å²) >= 11 is 40.0. The van der Waals surface area contributed by atoms with Gasteiger partial charge >= 0.3 is 179 Å². The van der Waals surface area contributed by atoms with Crippen LogP contribution in [0.2, 0.25) is 30.1 Å². The molecule has 6 aromatic carbocycles. The number of nitrogens with one attached hydrogen (secondary N) is 5. The van der Waals surface area contributed by atoms with Crippen molar-refractivity contribution in [3.63, 3.8) is 0 Å². The van der Waals surface area contributed by atoms with Gasteiger partial charge in [0.15, 0.2) is 47.1 Å². The number of methoxy groups -OCH3 is 6. The third-order valence-electron chi connectivity index (χ3n) is 16.9. The molecule has 6 N–H and O–H groups in total. The maximum atomic E-state index is 12.7. The number of benzene rings is 6. The largest absolute Gasteiger partial charge is 1.00 e. The van der Waals surface area contributed by atoms with E-state index in [0.29, 0.717) is 114 Å². The molecule has 0 saturated heterocycles. The Balaban J connectivity index is 0.000000438. The number of alkyl halides is 1. The summed E-state index contributed by atoms with van der Waals surface area (Å²) in [6.45, 7) is 9.21. The summed E-state index contributed by atoms with van der Waals surface area (Å²) in [4.78, 5) is 113. The third kappa shape index (κ3) is 34.6. The molecule has 0 saturated carbocycles. The molecule has 13 rings (SSSR count). The van der Waals surface area contributed by atoms with Crippen LogP contribution in [0.5, 0.6) is 51.7 Å². The SMILES string of the molecule is CC(=O)OOC(C)=O.CNc1nc(Nc2ccc(-n3cnc(C)c3)c(OC)c2)ncc1O.CNc1nc(Nc2ccc(-n3cnc(C)c3)c(OC)c2)ncc1OCC(=O)c1cc(Cl)c(OC)cc1Cl.COc1cc(Cl)c(C(=O)CBr)cc1Cl.COc1cc(Cl)c(C2COc3cnc(Nc4ccc(-n5cnc(C)c5)c(OC)c4)nc3N2C)cc1Cl.O=CO[O-].[B-]OC(C)=O.[Cs+].[Cs+].[H-].[Na+]. The van der Waals surface area contributed by atoms with E-state index in [4.69, 9.17) is 123 Å². The van der Waals surface area contributed by atoms with Crippen molar-refractivity contribution in [1.29, 1.82) is 0 Å². The average molecular weight is 2230 g/mol. The molecule has 0 spiro atoms. The standard InChI is InChI=1S/C25H24Cl2N6O4.C25H24Cl2N6O3.C16H18N6O2.C9H7BrCl2O2.C4H6O4.C2H3BO2.CH2O3.2Cs.Na.H/c1-14-11-33(13-30-14)19-6-5-15(7-22(19)36-4)31-25-29-10-23(24(28-2)32-25)37-12-20(34)16-8-18(27)21(35-3)9-17(16)26;1-14-11-33(13-29-14)19-6-5-15(7-22(19)35-4)30-25-28-10-23-24(31-25)32(2)20(12-36-23)16-8-18(27)21(34-3)9-17(16)26;1-10-8-22(9-19-10)12-5-4-11(6-14(12)24-3)20-16-18-7-13(23)15(17-2)21-16;1-14-9-3-6(11)5(2-7(9)12)8(13)4-10;1-3(5)7-8-4(2)6;1-2(4)5-3;2-1-4-3;;;;/h5-11,13H,12H2,1-4H3,(H2,28,29,31,32);5-11,13,20H,12H2,1-4H3,(H,28,30,31);4-9,23H,1-3H3,(H2,17,18,20,21);2-3H,4H2,1H3;1-2H3;1H3;1,3H;;;;/q;;;;;-1;;3*+1;-1/p-1. The van der Waals surface area contributed by atoms with Crippen LogP contribution in [0, 0.1) is 20.8 Å². The van der Waals surface area contributed by atoms with E-state index in [1.54, 1.807) is 79.8 Å². The number of halogens is 7. The van der Waals surface area contributed by atoms with E-state index in [-0.39, 0.29) is 226 Å². The Hall–Kier alpha value is -8.24. The molecule has 6 aromatic heterocycles. The molecule has 1 atom stereocenters. The number of rotatable bonds is 25. The number of ketones is 2. The first-order valence-electron chi connectivity index (χ1n) is 36.9. The summed E-state index contributed by atoms with van der Waals surface area (Å²) in [5.41, 5.74) is 9.04. The molecule has 1 unspecified atom stereocenters. The van der Waals surface area contributed by atoms with Crippen LogP contribution in [0.4, 0.5) is 52.4 Å². The molecule has 7 heterocycles. The van der Waals surface area contributed by atoms with Crippen LogP contribution >= 0.6 is 85.5 Å². The minimum atomic E-state index is -0.639. The molecule has 49 heteroatoms. The molecule has 12 aromatic rings. The average Bonchev–Trinajstić information content (AvgIpc) is 0.927. The number of imidazole rings is 3. The Labute approximate surface area is 933 Å². The van der Waals surface area contributed by atoms with E-state index < -0.39 is 17.9 Å². The Morgan fingerprint density at radius 2 is 0.908 bits per heavy atom. The van der Waals surface area contributed by atoms with Gasteiger partial charge in [0, 0.05) is 130 Å². The molecule has 131 heavy (non-hydrogen) atoms. The van der Waals surface area contributed by atoms with E-state index in [0.717, 1.165) is 70.6 Å². The summed E-state index contributed by atoms with van der Waals surface area (Å²) in [6.07, 6.45) is 15.4. The van der Waals surface area contributed by atoms with Crippen molar-refractivity contribution in [2.45, 2.75) is 47.6 Å². The first-order valence-corrected chi connectivity index (χ1v) is 40.3. The fourth-order valence-corrected chi connectivity index (χ4v) is 12.8. The number of carbonyl (C=O) groups is 6. The third-order valence-corrected chi connectivity index (χ3v) is 19.2. The zero-order chi connectivity index (χ0) is 94.0. The van der Waals surface area contributed by atoms with E-state index >= 15 is 0 Å². The van der Waals surface area contributed by atoms with Gasteiger partial charge in [0.05, 0.1) is 151 Å². The van der Waals surface area contributed by atoms with Gasteiger partial charge in [0.1, 0.15) is 41.1 Å². The number of Topliss-reactive ketones (excluding diaryl/α,β-unsaturated/α-hetero) is 2. The van der Waals surface area contributed by atoms with Crippen LogP contribution in [0.25, 0.3) is 17.1 Å². The summed E-state index contributed by atoms with van der Waals surface area (Å²) in [7, 11) is 19.0. The second-order valence-electron chi connectivity index (χ2n) is 25.6. The van der Waals surface area contributed by atoms with Crippen molar-refractivity contribution in [2.24, 2.45) is 0 Å². The molecule has 1 aliphatic rings. The van der Waals surface area contributed by atoms with Crippen LogP contribution in [-0.4, -0.2) is 190 Å². The normalized spacial score (nSPS) is 10.9. The Morgan fingerprint density at radius 1 is 0.534 bits per heavy atom.